The van der Waals surface area contributed by atoms with Crippen LogP contribution in [0.15, 0.2) is 54.6 Å². The van der Waals surface area contributed by atoms with Crippen LogP contribution in [0, 0.1) is 5.92 Å². The number of carboxylic acid groups (broad SMARTS) is 2. The van der Waals surface area contributed by atoms with E-state index < -0.39 is 280 Å². The first kappa shape index (κ1) is 100. The molecule has 2 aromatic rings. The molecule has 0 radical (unpaired) electrons. The third-order valence-electron chi connectivity index (χ3n) is 17.1. The number of nitrogens with one attached hydrogen (secondary N) is 14. The van der Waals surface area contributed by atoms with Gasteiger partial charge in [0.1, 0.15) is 84.3 Å². The fourth-order valence-electron chi connectivity index (χ4n) is 10.8. The van der Waals surface area contributed by atoms with Crippen LogP contribution in [0.5, 0.6) is 5.75 Å². The van der Waals surface area contributed by atoms with E-state index in [0.29, 0.717) is 5.56 Å². The van der Waals surface area contributed by atoms with E-state index in [4.69, 9.17) is 45.2 Å². The largest absolute Gasteiger partial charge is 0.508 e. The maximum absolute atomic E-state index is 14.2. The normalized spacial score (nSPS) is 14.8. The van der Waals surface area contributed by atoms with Gasteiger partial charge in [-0.3, -0.25) is 91.1 Å². The summed E-state index contributed by atoms with van der Waals surface area (Å²) in [5.41, 5.74) is 39.1. The predicted molar refractivity (Wildman–Crippen MR) is 405 cm³/mol. The lowest BCUT2D eigenvalue weighted by atomic mass is 10.0. The zero-order chi connectivity index (χ0) is 88.5. The Bertz CT molecular complexity index is 3820. The monoisotopic (exact) mass is 1660 g/mol. The Morgan fingerprint density at radius 2 is 0.709 bits per heavy atom. The first-order chi connectivity index (χ1) is 54.9. The maximum atomic E-state index is 14.2. The van der Waals surface area contributed by atoms with Crippen molar-refractivity contribution in [2.24, 2.45) is 46.1 Å². The van der Waals surface area contributed by atoms with Crippen molar-refractivity contribution < 1.29 is 127 Å². The van der Waals surface area contributed by atoms with E-state index in [1.54, 1.807) is 6.07 Å². The second kappa shape index (κ2) is 51.3. The number of aliphatic hydroxyl groups is 3. The van der Waals surface area contributed by atoms with Crippen molar-refractivity contribution in [3.05, 3.63) is 65.7 Å². The Morgan fingerprint density at radius 3 is 1.11 bits per heavy atom. The molecule has 0 heterocycles. The molecule has 15 atom stereocenters. The smallest absolute Gasteiger partial charge is 0.326 e. The quantitative estimate of drug-likeness (QED) is 0.0274. The lowest BCUT2D eigenvalue weighted by Gasteiger charge is -2.28. The van der Waals surface area contributed by atoms with E-state index in [2.05, 4.69) is 74.4 Å². The average Bonchev–Trinajstić information content (AvgIpc) is 0.847. The SMILES string of the molecule is CC(C)[C@H](NC(=O)[C@H](C)NC(=O)[C@H](CC(N)=O)NC(=O)[C@H](CO)NC(=O)[C@H](Cc1ccccc1)NC(=O)[C@H](CC(N)=O)NC(=O)[C@H](CO)NC(=O)[C@H](CCCCN)NC(=O)[C@H](CC(N)=O)NC(=O)CNC(=O)[C@H](Cc1ccc(O)cc1)NC(=O)[C@@H](NC(=O)[C@H](CCCCN)NC(=O)[C@H](CC(N)=O)NC(=O)[C@@H](N)CC(=O)O)[C@@H](C)O)C(=O)O. The first-order valence-corrected chi connectivity index (χ1v) is 36.6. The summed E-state index contributed by atoms with van der Waals surface area (Å²) in [5, 5.41) is 91.5. The molecule has 117 heavy (non-hydrogen) atoms. The molecule has 47 nitrogen and oxygen atoms in total. The van der Waals surface area contributed by atoms with Crippen molar-refractivity contribution in [1.29, 1.82) is 0 Å². The first-order valence-electron chi connectivity index (χ1n) is 36.6. The Morgan fingerprint density at radius 1 is 0.368 bits per heavy atom. The summed E-state index contributed by atoms with van der Waals surface area (Å²) in [5.74, 6) is -25.7. The van der Waals surface area contributed by atoms with Crippen LogP contribution >= 0.6 is 0 Å². The van der Waals surface area contributed by atoms with Crippen molar-refractivity contribution in [3.63, 3.8) is 0 Å². The Labute approximate surface area is 669 Å². The van der Waals surface area contributed by atoms with Crippen molar-refractivity contribution in [1.82, 2.24) is 74.4 Å². The standard InChI is InChI=1S/C70H107N21O26/c1-32(2)55(70(116)117)90-57(103)33(3)79-62(108)44(26-50(75)97)85-68(114)48(31-93)89-63(109)42(22-35-12-6-5-7-13-35)84-66(112)46(28-52(77)99)86-67(113)47(30-92)88-60(106)39(14-8-10-20-71)81-64(110)43(25-49(74)96)80-53(100)29-78-59(105)41(23-36-16-18-37(95)19-17-36)87-69(115)56(34(4)94)91-61(107)40(15-9-11-21-72)82-65(111)45(27-51(76)98)83-58(104)38(73)24-54(101)102/h5-7,12-13,16-19,32-34,38-48,55-56,92-95H,8-11,14-15,20-31,71-73H2,1-4H3,(H2,74,96)(H2,75,97)(H2,76,98)(H2,77,99)(H,78,105)(H,79,108)(H,80,100)(H,81,110)(H,82,111)(H,83,104)(H,84,112)(H,85,114)(H,86,113)(H,87,115)(H,88,106)(H,89,109)(H,90,103)(H,91,107)(H,101,102)(H,116,117)/t33-,34+,38-,39-,40-,41-,42-,43-,44-,45-,46-,47-,48-,55-,56-/m0/s1. The molecule has 0 spiro atoms. The molecule has 2 rings (SSSR count). The minimum atomic E-state index is -2.07. The molecule has 0 aliphatic rings. The number of carbonyl (C=O) groups is 20. The highest BCUT2D eigenvalue weighted by Gasteiger charge is 2.39. The van der Waals surface area contributed by atoms with Gasteiger partial charge >= 0.3 is 11.9 Å². The van der Waals surface area contributed by atoms with Gasteiger partial charge in [0.25, 0.3) is 0 Å². The predicted octanol–water partition coefficient (Wildman–Crippen LogP) is -12.7. The second-order valence-corrected chi connectivity index (χ2v) is 27.3. The number of aliphatic carboxylic acids is 2. The van der Waals surface area contributed by atoms with E-state index in [9.17, 15) is 121 Å². The lowest BCUT2D eigenvalue weighted by molar-refractivity contribution is -0.143. The van der Waals surface area contributed by atoms with E-state index in [-0.39, 0.29) is 62.9 Å². The highest BCUT2D eigenvalue weighted by Crippen LogP contribution is 2.15. The molecule has 0 aromatic heterocycles. The zero-order valence-corrected chi connectivity index (χ0v) is 64.6. The van der Waals surface area contributed by atoms with Gasteiger partial charge in [0.2, 0.25) is 106 Å². The second-order valence-electron chi connectivity index (χ2n) is 27.3. The highest BCUT2D eigenvalue weighted by atomic mass is 16.4. The summed E-state index contributed by atoms with van der Waals surface area (Å²) in [6.07, 6.45) is -7.23. The Kier molecular flexibility index (Phi) is 44.0. The molecule has 648 valence electrons. The van der Waals surface area contributed by atoms with E-state index in [0.717, 1.165) is 13.8 Å². The van der Waals surface area contributed by atoms with Gasteiger partial charge in [0.15, 0.2) is 0 Å². The number of hydrogen-bond donors (Lipinski definition) is 27. The Hall–Kier alpha value is -12.6. The number of hydrogen-bond acceptors (Lipinski definition) is 27. The summed E-state index contributed by atoms with van der Waals surface area (Å²) in [6.45, 7) is 1.79. The third kappa shape index (κ3) is 37.5. The summed E-state index contributed by atoms with van der Waals surface area (Å²) >= 11 is 0. The molecule has 47 heteroatoms. The molecular formula is C70H107N21O26. The van der Waals surface area contributed by atoms with E-state index >= 15 is 0 Å². The van der Waals surface area contributed by atoms with Crippen molar-refractivity contribution in [2.45, 2.75) is 202 Å². The Balaban J connectivity index is 2.43. The van der Waals surface area contributed by atoms with Crippen LogP contribution in [0.25, 0.3) is 0 Å². The van der Waals surface area contributed by atoms with Gasteiger partial charge in [0.05, 0.1) is 64.0 Å². The number of benzene rings is 2. The molecule has 18 amide bonds. The number of phenols is 1. The molecule has 0 bridgehead atoms. The summed E-state index contributed by atoms with van der Waals surface area (Å²) in [7, 11) is 0. The van der Waals surface area contributed by atoms with Crippen molar-refractivity contribution in [3.8, 4) is 5.75 Å². The van der Waals surface area contributed by atoms with Crippen LogP contribution in [0.1, 0.15) is 109 Å². The maximum Gasteiger partial charge on any atom is 0.326 e. The highest BCUT2D eigenvalue weighted by molar-refractivity contribution is 6.02. The average molecular weight is 1660 g/mol. The van der Waals surface area contributed by atoms with Gasteiger partial charge in [0, 0.05) is 12.8 Å². The van der Waals surface area contributed by atoms with Crippen molar-refractivity contribution in [2.75, 3.05) is 32.8 Å². The van der Waals surface area contributed by atoms with Gasteiger partial charge in [-0.25, -0.2) is 4.79 Å². The van der Waals surface area contributed by atoms with Crippen LogP contribution in [0.2, 0.25) is 0 Å². The summed E-state index contributed by atoms with van der Waals surface area (Å²) in [4.78, 5) is 265. The number of rotatable bonds is 55. The minimum Gasteiger partial charge on any atom is -0.508 e. The van der Waals surface area contributed by atoms with Crippen LogP contribution in [0.4, 0.5) is 0 Å². The molecule has 0 fully saturated rings. The number of aliphatic hydroxyl groups excluding tert-OH is 3. The number of phenolic OH excluding ortho intramolecular Hbond substituents is 1. The fourth-order valence-corrected chi connectivity index (χ4v) is 10.8. The van der Waals surface area contributed by atoms with E-state index in [1.165, 1.54) is 62.4 Å². The topological polar surface area (TPSA) is 813 Å². The molecule has 2 aromatic carbocycles. The van der Waals surface area contributed by atoms with Crippen LogP contribution in [-0.4, -0.2) is 272 Å². The van der Waals surface area contributed by atoms with Crippen molar-refractivity contribution >= 4 is 118 Å². The number of primary amides is 4. The third-order valence-corrected chi connectivity index (χ3v) is 17.1. The molecule has 34 N–H and O–H groups in total. The molecular weight excluding hydrogens is 1550 g/mol. The summed E-state index contributed by atoms with van der Waals surface area (Å²) < 4.78 is 0. The molecule has 0 saturated carbocycles. The number of carboxylic acids is 2. The van der Waals surface area contributed by atoms with E-state index in [1.807, 2.05) is 0 Å². The molecule has 0 unspecified atom stereocenters. The summed E-state index contributed by atoms with van der Waals surface area (Å²) in [6, 6.07) is -12.4. The van der Waals surface area contributed by atoms with Gasteiger partial charge in [-0.1, -0.05) is 56.3 Å². The minimum absolute atomic E-state index is 0.0329. The van der Waals surface area contributed by atoms with Crippen LogP contribution < -0.4 is 115 Å². The van der Waals surface area contributed by atoms with Crippen LogP contribution in [-0.2, 0) is 109 Å². The van der Waals surface area contributed by atoms with Gasteiger partial charge < -0.3 is 145 Å². The molecule has 0 aliphatic carbocycles. The lowest BCUT2D eigenvalue weighted by Crippen LogP contribution is -2.62. The zero-order valence-electron chi connectivity index (χ0n) is 64.6. The molecule has 0 saturated heterocycles. The van der Waals surface area contributed by atoms with Gasteiger partial charge in [-0.15, -0.1) is 0 Å². The fraction of sp³-hybridized carbons (Fsp3) is 0.543. The number of nitrogens with two attached hydrogens (primary N) is 7. The number of unbranched alkanes of at least 4 members (excludes halogenated alkanes) is 2. The molecule has 0 aliphatic heterocycles. The van der Waals surface area contributed by atoms with Gasteiger partial charge in [-0.05, 0) is 94.6 Å². The number of carbonyl (C=O) groups excluding carboxylic acids is 18. The number of aromatic hydroxyl groups is 1. The van der Waals surface area contributed by atoms with Gasteiger partial charge in [-0.2, -0.15) is 0 Å². The van der Waals surface area contributed by atoms with Crippen LogP contribution in [0.3, 0.4) is 0 Å². The number of amides is 18.